The first kappa shape index (κ1) is 15.0. The molecule has 0 amide bonds. The molecule has 108 valence electrons. The van der Waals surface area contributed by atoms with Crippen LogP contribution in [-0.2, 0) is 17.7 Å². The molecule has 0 saturated heterocycles. The molecule has 0 bridgehead atoms. The highest BCUT2D eigenvalue weighted by molar-refractivity contribution is 7.11. The summed E-state index contributed by atoms with van der Waals surface area (Å²) < 4.78 is 30.8. The van der Waals surface area contributed by atoms with Gasteiger partial charge in [0.1, 0.15) is 10.0 Å². The lowest BCUT2D eigenvalue weighted by Crippen LogP contribution is -2.18. The van der Waals surface area contributed by atoms with Gasteiger partial charge in [0.05, 0.1) is 6.61 Å². The Labute approximate surface area is 119 Å². The number of ether oxygens (including phenoxy) is 1. The number of hydrogen-bond donors (Lipinski definition) is 1. The Kier molecular flexibility index (Phi) is 5.51. The lowest BCUT2D eigenvalue weighted by atomic mass is 10.1. The van der Waals surface area contributed by atoms with Crippen molar-refractivity contribution in [3.8, 4) is 0 Å². The van der Waals surface area contributed by atoms with Gasteiger partial charge in [0.15, 0.2) is 11.6 Å². The maximum atomic E-state index is 13.1. The van der Waals surface area contributed by atoms with E-state index in [-0.39, 0.29) is 0 Å². The smallest absolute Gasteiger partial charge is 0.159 e. The molecule has 4 nitrogen and oxygen atoms in total. The van der Waals surface area contributed by atoms with Gasteiger partial charge < -0.3 is 10.1 Å². The van der Waals surface area contributed by atoms with Gasteiger partial charge in [0.2, 0.25) is 0 Å². The summed E-state index contributed by atoms with van der Waals surface area (Å²) in [5, 5.41) is 12.9. The largest absolute Gasteiger partial charge is 0.383 e. The van der Waals surface area contributed by atoms with Crippen LogP contribution in [0.4, 0.5) is 8.78 Å². The monoisotopic (exact) mass is 299 g/mol. The van der Waals surface area contributed by atoms with E-state index < -0.39 is 11.6 Å². The van der Waals surface area contributed by atoms with E-state index in [1.165, 1.54) is 17.4 Å². The normalized spacial score (nSPS) is 10.9. The molecule has 0 radical (unpaired) electrons. The van der Waals surface area contributed by atoms with Crippen molar-refractivity contribution in [2.24, 2.45) is 0 Å². The second kappa shape index (κ2) is 7.37. The van der Waals surface area contributed by atoms with Crippen LogP contribution in [0.1, 0.15) is 15.6 Å². The minimum atomic E-state index is -0.839. The average molecular weight is 299 g/mol. The summed E-state index contributed by atoms with van der Waals surface area (Å²) in [6.45, 7) is 2.01. The minimum absolute atomic E-state index is 0.451. The van der Waals surface area contributed by atoms with Gasteiger partial charge in [-0.2, -0.15) is 0 Å². The Hall–Kier alpha value is -1.44. The molecule has 1 aromatic carbocycles. The van der Waals surface area contributed by atoms with E-state index in [9.17, 15) is 8.78 Å². The van der Waals surface area contributed by atoms with Crippen molar-refractivity contribution in [3.05, 3.63) is 45.4 Å². The highest BCUT2D eigenvalue weighted by atomic mass is 32.1. The molecule has 0 aliphatic rings. The lowest BCUT2D eigenvalue weighted by molar-refractivity contribution is 0.199. The predicted octanol–water partition coefficient (Wildman–Crippen LogP) is 2.14. The molecule has 7 heteroatoms. The van der Waals surface area contributed by atoms with E-state index >= 15 is 0 Å². The summed E-state index contributed by atoms with van der Waals surface area (Å²) >= 11 is 1.45. The van der Waals surface area contributed by atoms with Gasteiger partial charge in [0, 0.05) is 26.6 Å². The number of rotatable bonds is 7. The molecule has 0 saturated carbocycles. The summed E-state index contributed by atoms with van der Waals surface area (Å²) in [6.07, 6.45) is 0.451. The van der Waals surface area contributed by atoms with Gasteiger partial charge in [-0.1, -0.05) is 17.4 Å². The van der Waals surface area contributed by atoms with E-state index in [1.54, 1.807) is 13.2 Å². The first-order chi connectivity index (χ1) is 9.69. The van der Waals surface area contributed by atoms with Crippen LogP contribution in [0.25, 0.3) is 0 Å². The molecule has 20 heavy (non-hydrogen) atoms. The molecule has 2 aromatic rings. The van der Waals surface area contributed by atoms with Crippen molar-refractivity contribution >= 4 is 11.3 Å². The maximum absolute atomic E-state index is 13.1. The van der Waals surface area contributed by atoms with Crippen molar-refractivity contribution in [1.29, 1.82) is 0 Å². The standard InChI is InChI=1S/C13H15F2N3OS/c1-19-5-4-16-8-13-18-17-12(20-13)7-9-2-3-10(14)11(15)6-9/h2-3,6,16H,4-5,7-8H2,1H3. The Morgan fingerprint density at radius 3 is 2.75 bits per heavy atom. The van der Waals surface area contributed by atoms with Gasteiger partial charge in [-0.3, -0.25) is 0 Å². The Bertz CT molecular complexity index is 562. The van der Waals surface area contributed by atoms with E-state index in [1.807, 2.05) is 0 Å². The van der Waals surface area contributed by atoms with Gasteiger partial charge in [0.25, 0.3) is 0 Å². The Balaban J connectivity index is 1.90. The van der Waals surface area contributed by atoms with Crippen LogP contribution in [0.15, 0.2) is 18.2 Å². The molecule has 1 aromatic heterocycles. The topological polar surface area (TPSA) is 47.0 Å². The fourth-order valence-electron chi connectivity index (χ4n) is 1.63. The molecular weight excluding hydrogens is 284 g/mol. The van der Waals surface area contributed by atoms with Crippen molar-refractivity contribution in [1.82, 2.24) is 15.5 Å². The van der Waals surface area contributed by atoms with E-state index in [0.29, 0.717) is 25.1 Å². The third-order valence-electron chi connectivity index (χ3n) is 2.61. The molecule has 0 spiro atoms. The molecule has 1 N–H and O–H groups in total. The van der Waals surface area contributed by atoms with E-state index in [4.69, 9.17) is 4.74 Å². The molecule has 0 atom stereocenters. The second-order valence-electron chi connectivity index (χ2n) is 4.18. The summed E-state index contributed by atoms with van der Waals surface area (Å²) in [6, 6.07) is 3.86. The zero-order valence-corrected chi connectivity index (χ0v) is 11.8. The van der Waals surface area contributed by atoms with Crippen LogP contribution >= 0.6 is 11.3 Å². The second-order valence-corrected chi connectivity index (χ2v) is 5.33. The number of nitrogens with one attached hydrogen (secondary N) is 1. The van der Waals surface area contributed by atoms with Gasteiger partial charge in [-0.25, -0.2) is 8.78 Å². The number of halogens is 2. The third-order valence-corrected chi connectivity index (χ3v) is 3.53. The molecule has 0 unspecified atom stereocenters. The third kappa shape index (κ3) is 4.29. The van der Waals surface area contributed by atoms with Crippen LogP contribution < -0.4 is 5.32 Å². The van der Waals surface area contributed by atoms with Crippen molar-refractivity contribution in [3.63, 3.8) is 0 Å². The zero-order valence-electron chi connectivity index (χ0n) is 11.0. The predicted molar refractivity (Wildman–Crippen MR) is 72.7 cm³/mol. The van der Waals surface area contributed by atoms with Gasteiger partial charge >= 0.3 is 0 Å². The van der Waals surface area contributed by atoms with Crippen molar-refractivity contribution < 1.29 is 13.5 Å². The highest BCUT2D eigenvalue weighted by Gasteiger charge is 2.07. The molecule has 1 heterocycles. The van der Waals surface area contributed by atoms with Crippen LogP contribution in [0.2, 0.25) is 0 Å². The van der Waals surface area contributed by atoms with Crippen LogP contribution in [-0.4, -0.2) is 30.5 Å². The van der Waals surface area contributed by atoms with E-state index in [0.717, 1.165) is 22.6 Å². The molecular formula is C13H15F2N3OS. The fraction of sp³-hybridized carbons (Fsp3) is 0.385. The first-order valence-electron chi connectivity index (χ1n) is 6.14. The summed E-state index contributed by atoms with van der Waals surface area (Å²) in [5.41, 5.74) is 0.680. The van der Waals surface area contributed by atoms with Crippen molar-refractivity contribution in [2.45, 2.75) is 13.0 Å². The highest BCUT2D eigenvalue weighted by Crippen LogP contribution is 2.16. The first-order valence-corrected chi connectivity index (χ1v) is 6.95. The number of nitrogens with zero attached hydrogens (tertiary/aromatic N) is 2. The minimum Gasteiger partial charge on any atom is -0.383 e. The van der Waals surface area contributed by atoms with Gasteiger partial charge in [-0.05, 0) is 17.7 Å². The fourth-order valence-corrected chi connectivity index (χ4v) is 2.47. The van der Waals surface area contributed by atoms with Crippen LogP contribution in [0, 0.1) is 11.6 Å². The molecule has 0 aliphatic heterocycles. The SMILES string of the molecule is COCCNCc1nnc(Cc2ccc(F)c(F)c2)s1. The number of hydrogen-bond acceptors (Lipinski definition) is 5. The molecule has 2 rings (SSSR count). The number of aromatic nitrogens is 2. The lowest BCUT2D eigenvalue weighted by Gasteiger charge is -1.99. The molecule has 0 fully saturated rings. The summed E-state index contributed by atoms with van der Waals surface area (Å²) in [7, 11) is 1.65. The van der Waals surface area contributed by atoms with Crippen molar-refractivity contribution in [2.75, 3.05) is 20.3 Å². The zero-order chi connectivity index (χ0) is 14.4. The Morgan fingerprint density at radius 2 is 2.00 bits per heavy atom. The molecule has 0 aliphatic carbocycles. The van der Waals surface area contributed by atoms with Crippen LogP contribution in [0.3, 0.4) is 0 Å². The van der Waals surface area contributed by atoms with E-state index in [2.05, 4.69) is 15.5 Å². The average Bonchev–Trinajstić information content (AvgIpc) is 2.87. The summed E-state index contributed by atoms with van der Waals surface area (Å²) in [5.74, 6) is -1.68. The van der Waals surface area contributed by atoms with Gasteiger partial charge in [-0.15, -0.1) is 10.2 Å². The Morgan fingerprint density at radius 1 is 1.20 bits per heavy atom. The number of benzene rings is 1. The quantitative estimate of drug-likeness (QED) is 0.796. The maximum Gasteiger partial charge on any atom is 0.159 e. The van der Waals surface area contributed by atoms with Crippen LogP contribution in [0.5, 0.6) is 0 Å². The number of methoxy groups -OCH3 is 1. The summed E-state index contributed by atoms with van der Waals surface area (Å²) in [4.78, 5) is 0.